The van der Waals surface area contributed by atoms with Crippen LogP contribution in [0.5, 0.6) is 0 Å². The second-order valence-electron chi connectivity index (χ2n) is 3.82. The molecule has 1 fully saturated rings. The minimum absolute atomic E-state index is 0.0316. The molecule has 16 heavy (non-hydrogen) atoms. The molecule has 1 aromatic rings. The van der Waals surface area contributed by atoms with Crippen molar-refractivity contribution in [2.45, 2.75) is 12.5 Å². The molecule has 0 spiro atoms. The Labute approximate surface area is 111 Å². The predicted molar refractivity (Wildman–Crippen MR) is 68.4 cm³/mol. The van der Waals surface area contributed by atoms with Crippen LogP contribution in [0.4, 0.5) is 0 Å². The summed E-state index contributed by atoms with van der Waals surface area (Å²) in [7, 11) is 0. The van der Waals surface area contributed by atoms with Crippen LogP contribution in [0.15, 0.2) is 27.1 Å². The summed E-state index contributed by atoms with van der Waals surface area (Å²) in [4.78, 5) is 13.8. The van der Waals surface area contributed by atoms with E-state index in [1.165, 1.54) is 0 Å². The summed E-state index contributed by atoms with van der Waals surface area (Å²) < 4.78 is 1.70. The minimum atomic E-state index is -0.377. The first-order valence-corrected chi connectivity index (χ1v) is 6.59. The summed E-state index contributed by atoms with van der Waals surface area (Å²) in [5.74, 6) is -0.0316. The average Bonchev–Trinajstić information content (AvgIpc) is 2.64. The first kappa shape index (κ1) is 12.1. The van der Waals surface area contributed by atoms with Crippen molar-refractivity contribution < 1.29 is 9.90 Å². The molecular formula is C11H11Br2NO2. The maximum absolute atomic E-state index is 12.1. The van der Waals surface area contributed by atoms with Crippen LogP contribution in [0.1, 0.15) is 16.8 Å². The molecule has 2 rings (SSSR count). The molecule has 1 amide bonds. The standard InChI is InChI=1S/C11H11Br2NO2/c12-7-1-2-9(10(13)5-7)11(16)14-4-3-8(15)6-14/h1-2,5,8,15H,3-4,6H2/t8-/m1/s1. The number of β-amino-alcohol motifs (C(OH)–C–C–N with tert-alkyl or cyclic N) is 1. The molecule has 5 heteroatoms. The lowest BCUT2D eigenvalue weighted by atomic mass is 10.2. The number of aliphatic hydroxyl groups is 1. The van der Waals surface area contributed by atoms with Crippen molar-refractivity contribution >= 4 is 37.8 Å². The van der Waals surface area contributed by atoms with E-state index in [2.05, 4.69) is 31.9 Å². The second-order valence-corrected chi connectivity index (χ2v) is 5.59. The zero-order chi connectivity index (χ0) is 11.7. The number of hydrogen-bond acceptors (Lipinski definition) is 2. The molecule has 0 aliphatic carbocycles. The van der Waals surface area contributed by atoms with Crippen molar-refractivity contribution in [3.8, 4) is 0 Å². The fourth-order valence-corrected chi connectivity index (χ4v) is 2.98. The first-order valence-electron chi connectivity index (χ1n) is 5.00. The van der Waals surface area contributed by atoms with E-state index in [0.717, 1.165) is 8.95 Å². The quantitative estimate of drug-likeness (QED) is 0.846. The number of carbonyl (C=O) groups excluding carboxylic acids is 1. The van der Waals surface area contributed by atoms with E-state index in [4.69, 9.17) is 0 Å². The number of likely N-dealkylation sites (tertiary alicyclic amines) is 1. The Kier molecular flexibility index (Phi) is 3.66. The van der Waals surface area contributed by atoms with Crippen LogP contribution >= 0.6 is 31.9 Å². The number of nitrogens with zero attached hydrogens (tertiary/aromatic N) is 1. The molecule has 1 heterocycles. The van der Waals surface area contributed by atoms with Gasteiger partial charge in [-0.15, -0.1) is 0 Å². The Morgan fingerprint density at radius 1 is 1.44 bits per heavy atom. The molecule has 1 aliphatic heterocycles. The summed E-state index contributed by atoms with van der Waals surface area (Å²) in [6.07, 6.45) is 0.290. The Bertz CT molecular complexity index is 422. The largest absolute Gasteiger partial charge is 0.391 e. The van der Waals surface area contributed by atoms with Crippen molar-refractivity contribution in [2.24, 2.45) is 0 Å². The van der Waals surface area contributed by atoms with E-state index in [1.807, 2.05) is 12.1 Å². The lowest BCUT2D eigenvalue weighted by Gasteiger charge is -2.16. The van der Waals surface area contributed by atoms with Crippen LogP contribution in [0, 0.1) is 0 Å². The Morgan fingerprint density at radius 2 is 2.19 bits per heavy atom. The summed E-state index contributed by atoms with van der Waals surface area (Å²) in [6, 6.07) is 5.46. The van der Waals surface area contributed by atoms with Gasteiger partial charge in [-0.3, -0.25) is 4.79 Å². The van der Waals surface area contributed by atoms with Crippen LogP contribution in [-0.2, 0) is 0 Å². The van der Waals surface area contributed by atoms with Gasteiger partial charge in [0.25, 0.3) is 5.91 Å². The monoisotopic (exact) mass is 347 g/mol. The predicted octanol–water partition coefficient (Wildman–Crippen LogP) is 2.42. The average molecular weight is 349 g/mol. The number of carbonyl (C=O) groups is 1. The van der Waals surface area contributed by atoms with Gasteiger partial charge in [0.15, 0.2) is 0 Å². The van der Waals surface area contributed by atoms with Gasteiger partial charge >= 0.3 is 0 Å². The van der Waals surface area contributed by atoms with Gasteiger partial charge in [0.05, 0.1) is 11.7 Å². The normalized spacial score (nSPS) is 20.2. The molecule has 0 unspecified atom stereocenters. The summed E-state index contributed by atoms with van der Waals surface area (Å²) in [5.41, 5.74) is 0.636. The van der Waals surface area contributed by atoms with E-state index in [9.17, 15) is 9.90 Å². The highest BCUT2D eigenvalue weighted by atomic mass is 79.9. The molecule has 0 aromatic heterocycles. The Hall–Kier alpha value is -0.390. The molecule has 0 bridgehead atoms. The second kappa shape index (κ2) is 4.85. The number of benzene rings is 1. The van der Waals surface area contributed by atoms with Crippen molar-refractivity contribution in [2.75, 3.05) is 13.1 Å². The van der Waals surface area contributed by atoms with Gasteiger partial charge in [0.2, 0.25) is 0 Å². The highest BCUT2D eigenvalue weighted by Crippen LogP contribution is 2.24. The van der Waals surface area contributed by atoms with Crippen molar-refractivity contribution in [3.05, 3.63) is 32.7 Å². The third-order valence-corrected chi connectivity index (χ3v) is 3.76. The molecule has 1 saturated heterocycles. The molecule has 1 N–H and O–H groups in total. The third kappa shape index (κ3) is 2.47. The van der Waals surface area contributed by atoms with Gasteiger partial charge in [0, 0.05) is 22.0 Å². The Morgan fingerprint density at radius 3 is 2.75 bits per heavy atom. The number of amides is 1. The molecule has 1 aliphatic rings. The lowest BCUT2D eigenvalue weighted by Crippen LogP contribution is -2.29. The summed E-state index contributed by atoms with van der Waals surface area (Å²) in [6.45, 7) is 1.06. The smallest absolute Gasteiger partial charge is 0.255 e. The van der Waals surface area contributed by atoms with E-state index in [1.54, 1.807) is 11.0 Å². The van der Waals surface area contributed by atoms with Crippen LogP contribution in [0.3, 0.4) is 0 Å². The zero-order valence-electron chi connectivity index (χ0n) is 8.49. The molecule has 1 aromatic carbocycles. The highest BCUT2D eigenvalue weighted by Gasteiger charge is 2.26. The van der Waals surface area contributed by atoms with Gasteiger partial charge in [-0.05, 0) is 40.5 Å². The van der Waals surface area contributed by atoms with E-state index in [-0.39, 0.29) is 12.0 Å². The van der Waals surface area contributed by atoms with Crippen molar-refractivity contribution in [1.82, 2.24) is 4.90 Å². The molecule has 0 saturated carbocycles. The van der Waals surface area contributed by atoms with Crippen molar-refractivity contribution in [3.63, 3.8) is 0 Å². The summed E-state index contributed by atoms with van der Waals surface area (Å²) in [5, 5.41) is 9.40. The maximum Gasteiger partial charge on any atom is 0.255 e. The number of rotatable bonds is 1. The van der Waals surface area contributed by atoms with Gasteiger partial charge in [-0.25, -0.2) is 0 Å². The van der Waals surface area contributed by atoms with Crippen LogP contribution < -0.4 is 0 Å². The lowest BCUT2D eigenvalue weighted by molar-refractivity contribution is 0.0764. The molecule has 3 nitrogen and oxygen atoms in total. The maximum atomic E-state index is 12.1. The van der Waals surface area contributed by atoms with Gasteiger partial charge in [-0.1, -0.05) is 15.9 Å². The zero-order valence-corrected chi connectivity index (χ0v) is 11.7. The number of halogens is 2. The van der Waals surface area contributed by atoms with Crippen LogP contribution in [0.2, 0.25) is 0 Å². The number of hydrogen-bond donors (Lipinski definition) is 1. The Balaban J connectivity index is 2.21. The van der Waals surface area contributed by atoms with Gasteiger partial charge in [0.1, 0.15) is 0 Å². The number of aliphatic hydroxyl groups excluding tert-OH is 1. The molecule has 0 radical (unpaired) electrons. The van der Waals surface area contributed by atoms with E-state index in [0.29, 0.717) is 25.1 Å². The molecule has 1 atom stereocenters. The van der Waals surface area contributed by atoms with E-state index >= 15 is 0 Å². The molecular weight excluding hydrogens is 338 g/mol. The fourth-order valence-electron chi connectivity index (χ4n) is 1.76. The summed E-state index contributed by atoms with van der Waals surface area (Å²) >= 11 is 6.71. The topological polar surface area (TPSA) is 40.5 Å². The first-order chi connectivity index (χ1) is 7.58. The van der Waals surface area contributed by atoms with Crippen LogP contribution in [-0.4, -0.2) is 35.1 Å². The minimum Gasteiger partial charge on any atom is -0.391 e. The molecule has 86 valence electrons. The van der Waals surface area contributed by atoms with E-state index < -0.39 is 0 Å². The highest BCUT2D eigenvalue weighted by molar-refractivity contribution is 9.11. The SMILES string of the molecule is O=C(c1ccc(Br)cc1Br)N1CC[C@@H](O)C1. The fraction of sp³-hybridized carbons (Fsp3) is 0.364. The van der Waals surface area contributed by atoms with Gasteiger partial charge < -0.3 is 10.0 Å². The van der Waals surface area contributed by atoms with Gasteiger partial charge in [-0.2, -0.15) is 0 Å². The van der Waals surface area contributed by atoms with Crippen LogP contribution in [0.25, 0.3) is 0 Å². The third-order valence-electron chi connectivity index (χ3n) is 2.61. The van der Waals surface area contributed by atoms with Crippen molar-refractivity contribution in [1.29, 1.82) is 0 Å².